The van der Waals surface area contributed by atoms with E-state index in [0.717, 1.165) is 0 Å². The fourth-order valence-corrected chi connectivity index (χ4v) is 1.04. The molecule has 0 radical (unpaired) electrons. The van der Waals surface area contributed by atoms with Crippen molar-refractivity contribution in [2.75, 3.05) is 11.1 Å². The molecule has 0 aliphatic carbocycles. The van der Waals surface area contributed by atoms with Gasteiger partial charge in [-0.1, -0.05) is 15.9 Å². The fraction of sp³-hybridized carbons (Fsp3) is 0.667. The predicted molar refractivity (Wildman–Crippen MR) is 51.8 cm³/mol. The summed E-state index contributed by atoms with van der Waals surface area (Å²) in [6.07, 6.45) is 0.331. The number of nitrogens with one attached hydrogen (secondary N) is 1. The van der Waals surface area contributed by atoms with Crippen LogP contribution in [0.1, 0.15) is 6.42 Å². The number of carboxylic acids is 1. The molecule has 0 bridgehead atoms. The first-order valence-corrected chi connectivity index (χ1v) is 5.06. The predicted octanol–water partition coefficient (Wildman–Crippen LogP) is 0.271. The number of alkyl halides is 1. The average molecular weight is 256 g/mol. The SMILES string of the molecule is O=C(CBr)N[C@@H](CCS)C(=O)O. The third-order valence-corrected chi connectivity index (χ3v) is 1.94. The van der Waals surface area contributed by atoms with Gasteiger partial charge in [-0.3, -0.25) is 4.79 Å². The highest BCUT2D eigenvalue weighted by Gasteiger charge is 2.17. The van der Waals surface area contributed by atoms with Crippen molar-refractivity contribution in [1.29, 1.82) is 0 Å². The van der Waals surface area contributed by atoms with Crippen LogP contribution in [0.4, 0.5) is 0 Å². The summed E-state index contributed by atoms with van der Waals surface area (Å²) in [5.41, 5.74) is 0. The Labute approximate surface area is 84.3 Å². The quantitative estimate of drug-likeness (QED) is 0.488. The van der Waals surface area contributed by atoms with E-state index in [-0.39, 0.29) is 11.2 Å². The van der Waals surface area contributed by atoms with Crippen LogP contribution in [0.15, 0.2) is 0 Å². The monoisotopic (exact) mass is 255 g/mol. The standard InChI is InChI=1S/C6H10BrNO3S/c7-3-5(9)8-4(1-2-12)6(10)11/h4,12H,1-3H2,(H,8,9)(H,10,11)/t4-/m0/s1. The first-order valence-electron chi connectivity index (χ1n) is 3.30. The molecule has 2 N–H and O–H groups in total. The molecule has 0 aliphatic rings. The summed E-state index contributed by atoms with van der Waals surface area (Å²) in [5.74, 6) is -0.929. The second-order valence-electron chi connectivity index (χ2n) is 2.10. The third kappa shape index (κ3) is 4.61. The summed E-state index contributed by atoms with van der Waals surface area (Å²) in [4.78, 5) is 21.2. The van der Waals surface area contributed by atoms with Crippen LogP contribution >= 0.6 is 28.6 Å². The molecule has 0 aromatic rings. The number of carbonyl (C=O) groups is 2. The van der Waals surface area contributed by atoms with Gasteiger partial charge in [0.15, 0.2) is 0 Å². The van der Waals surface area contributed by atoms with Gasteiger partial charge in [0.1, 0.15) is 6.04 Å². The molecule has 0 saturated heterocycles. The highest BCUT2D eigenvalue weighted by Crippen LogP contribution is 1.95. The smallest absolute Gasteiger partial charge is 0.326 e. The molecule has 12 heavy (non-hydrogen) atoms. The number of thiol groups is 1. The van der Waals surface area contributed by atoms with Gasteiger partial charge < -0.3 is 10.4 Å². The van der Waals surface area contributed by atoms with Crippen LogP contribution in [-0.2, 0) is 9.59 Å². The lowest BCUT2D eigenvalue weighted by atomic mass is 10.2. The zero-order chi connectivity index (χ0) is 9.56. The zero-order valence-corrected chi connectivity index (χ0v) is 8.77. The minimum absolute atomic E-state index is 0.114. The van der Waals surface area contributed by atoms with E-state index in [0.29, 0.717) is 12.2 Å². The number of amides is 1. The lowest BCUT2D eigenvalue weighted by molar-refractivity contribution is -0.141. The summed E-state index contributed by atoms with van der Waals surface area (Å²) < 4.78 is 0. The Balaban J connectivity index is 3.95. The lowest BCUT2D eigenvalue weighted by Crippen LogP contribution is -2.41. The summed E-state index contributed by atoms with van der Waals surface area (Å²) in [7, 11) is 0. The minimum Gasteiger partial charge on any atom is -0.480 e. The van der Waals surface area contributed by atoms with Crippen molar-refractivity contribution < 1.29 is 14.7 Å². The first-order chi connectivity index (χ1) is 5.61. The fourth-order valence-electron chi connectivity index (χ4n) is 0.619. The maximum absolute atomic E-state index is 10.8. The van der Waals surface area contributed by atoms with E-state index in [1.165, 1.54) is 0 Å². The molecule has 4 nitrogen and oxygen atoms in total. The minimum atomic E-state index is -1.03. The van der Waals surface area contributed by atoms with Crippen molar-refractivity contribution in [3.63, 3.8) is 0 Å². The second kappa shape index (κ2) is 6.30. The lowest BCUT2D eigenvalue weighted by Gasteiger charge is -2.11. The normalized spacial score (nSPS) is 12.2. The van der Waals surface area contributed by atoms with Gasteiger partial charge in [0.05, 0.1) is 5.33 Å². The number of halogens is 1. The summed E-state index contributed by atoms with van der Waals surface area (Å²) in [5, 5.41) is 11.0. The van der Waals surface area contributed by atoms with Crippen molar-refractivity contribution in [3.05, 3.63) is 0 Å². The zero-order valence-electron chi connectivity index (χ0n) is 6.29. The molecule has 0 spiro atoms. The van der Waals surface area contributed by atoms with Crippen LogP contribution in [-0.4, -0.2) is 34.1 Å². The highest BCUT2D eigenvalue weighted by atomic mass is 79.9. The molecule has 6 heteroatoms. The van der Waals surface area contributed by atoms with Crippen LogP contribution in [0.3, 0.4) is 0 Å². The van der Waals surface area contributed by atoms with E-state index in [1.54, 1.807) is 0 Å². The number of carboxylic acid groups (broad SMARTS) is 1. The van der Waals surface area contributed by atoms with Gasteiger partial charge in [-0.25, -0.2) is 4.79 Å². The molecular weight excluding hydrogens is 246 g/mol. The number of rotatable bonds is 5. The Bertz CT molecular complexity index is 174. The molecule has 0 heterocycles. The Morgan fingerprint density at radius 2 is 2.17 bits per heavy atom. The van der Waals surface area contributed by atoms with Gasteiger partial charge in [0, 0.05) is 0 Å². The van der Waals surface area contributed by atoms with Gasteiger partial charge in [-0.2, -0.15) is 12.6 Å². The Morgan fingerprint density at radius 3 is 2.50 bits per heavy atom. The van der Waals surface area contributed by atoms with Crippen molar-refractivity contribution in [2.45, 2.75) is 12.5 Å². The molecule has 0 aromatic heterocycles. The van der Waals surface area contributed by atoms with Crippen LogP contribution in [0.2, 0.25) is 0 Å². The molecule has 0 rings (SSSR count). The molecule has 70 valence electrons. The number of hydrogen-bond acceptors (Lipinski definition) is 3. The molecule has 0 saturated carbocycles. The van der Waals surface area contributed by atoms with E-state index >= 15 is 0 Å². The third-order valence-electron chi connectivity index (χ3n) is 1.17. The van der Waals surface area contributed by atoms with Crippen LogP contribution in [0, 0.1) is 0 Å². The maximum Gasteiger partial charge on any atom is 0.326 e. The summed E-state index contributed by atoms with van der Waals surface area (Å²) in [6, 6.07) is -0.826. The first kappa shape index (κ1) is 11.8. The van der Waals surface area contributed by atoms with E-state index in [2.05, 4.69) is 33.9 Å². The van der Waals surface area contributed by atoms with Crippen molar-refractivity contribution in [3.8, 4) is 0 Å². The molecule has 1 amide bonds. The molecular formula is C6H10BrNO3S. The molecule has 0 aliphatic heterocycles. The van der Waals surface area contributed by atoms with Gasteiger partial charge in [-0.05, 0) is 12.2 Å². The summed E-state index contributed by atoms with van der Waals surface area (Å²) >= 11 is 6.80. The highest BCUT2D eigenvalue weighted by molar-refractivity contribution is 9.09. The van der Waals surface area contributed by atoms with Crippen molar-refractivity contribution in [2.24, 2.45) is 0 Å². The van der Waals surface area contributed by atoms with Gasteiger partial charge in [-0.15, -0.1) is 0 Å². The van der Waals surface area contributed by atoms with Crippen molar-refractivity contribution >= 4 is 40.4 Å². The van der Waals surface area contributed by atoms with E-state index in [9.17, 15) is 9.59 Å². The Morgan fingerprint density at radius 1 is 1.58 bits per heavy atom. The van der Waals surface area contributed by atoms with Gasteiger partial charge in [0.2, 0.25) is 5.91 Å². The maximum atomic E-state index is 10.8. The number of hydrogen-bond donors (Lipinski definition) is 3. The largest absolute Gasteiger partial charge is 0.480 e. The van der Waals surface area contributed by atoms with Gasteiger partial charge >= 0.3 is 5.97 Å². The van der Waals surface area contributed by atoms with E-state index in [1.807, 2.05) is 0 Å². The van der Waals surface area contributed by atoms with Crippen LogP contribution in [0.5, 0.6) is 0 Å². The van der Waals surface area contributed by atoms with E-state index in [4.69, 9.17) is 5.11 Å². The second-order valence-corrected chi connectivity index (χ2v) is 3.11. The molecule has 1 atom stereocenters. The average Bonchev–Trinajstić information content (AvgIpc) is 2.03. The Hall–Kier alpha value is -0.230. The van der Waals surface area contributed by atoms with Gasteiger partial charge in [0.25, 0.3) is 0 Å². The Kier molecular flexibility index (Phi) is 6.18. The molecule has 0 aromatic carbocycles. The van der Waals surface area contributed by atoms with Crippen LogP contribution in [0.25, 0.3) is 0 Å². The van der Waals surface area contributed by atoms with E-state index < -0.39 is 12.0 Å². The molecule has 0 unspecified atom stereocenters. The van der Waals surface area contributed by atoms with Crippen molar-refractivity contribution in [1.82, 2.24) is 5.32 Å². The number of carbonyl (C=O) groups excluding carboxylic acids is 1. The topological polar surface area (TPSA) is 66.4 Å². The molecule has 0 fully saturated rings. The summed E-state index contributed by atoms with van der Waals surface area (Å²) in [6.45, 7) is 0. The van der Waals surface area contributed by atoms with Crippen LogP contribution < -0.4 is 5.32 Å². The number of aliphatic carboxylic acids is 1.